The first-order valence-corrected chi connectivity index (χ1v) is 6.93. The van der Waals surface area contributed by atoms with Gasteiger partial charge in [-0.2, -0.15) is 0 Å². The highest BCUT2D eigenvalue weighted by molar-refractivity contribution is 9.10. The van der Waals surface area contributed by atoms with Gasteiger partial charge in [-0.05, 0) is 35.9 Å². The third-order valence-corrected chi connectivity index (χ3v) is 3.64. The zero-order valence-corrected chi connectivity index (χ0v) is 11.9. The molecule has 4 heteroatoms. The van der Waals surface area contributed by atoms with Crippen molar-refractivity contribution < 1.29 is 9.13 Å². The van der Waals surface area contributed by atoms with Crippen molar-refractivity contribution in [2.45, 2.75) is 6.54 Å². The van der Waals surface area contributed by atoms with Crippen LogP contribution < -0.4 is 9.64 Å². The number of fused-ring (bicyclic) bond motifs is 1. The maximum atomic E-state index is 13.2. The second-order valence-electron chi connectivity index (χ2n) is 4.51. The maximum Gasteiger partial charge on any atom is 0.142 e. The van der Waals surface area contributed by atoms with Gasteiger partial charge in [0.05, 0.1) is 12.2 Å². The standard InChI is InChI=1S/C15H13BrFNO/c16-12-4-5-15-14(9-12)18(6-7-19-15)10-11-2-1-3-13(17)8-11/h1-5,8-9H,6-7,10H2. The van der Waals surface area contributed by atoms with Crippen LogP contribution in [0.1, 0.15) is 5.56 Å². The molecule has 1 aliphatic rings. The highest BCUT2D eigenvalue weighted by Gasteiger charge is 2.18. The second kappa shape index (κ2) is 5.21. The smallest absolute Gasteiger partial charge is 0.142 e. The Morgan fingerprint density at radius 3 is 2.95 bits per heavy atom. The molecule has 0 spiro atoms. The third kappa shape index (κ3) is 2.73. The molecule has 0 bridgehead atoms. The van der Waals surface area contributed by atoms with E-state index in [9.17, 15) is 4.39 Å². The molecule has 3 rings (SSSR count). The van der Waals surface area contributed by atoms with E-state index in [1.807, 2.05) is 24.3 Å². The molecule has 0 atom stereocenters. The number of nitrogens with zero attached hydrogens (tertiary/aromatic N) is 1. The molecule has 0 aliphatic carbocycles. The normalized spacial score (nSPS) is 13.9. The average Bonchev–Trinajstić information content (AvgIpc) is 2.39. The molecular weight excluding hydrogens is 309 g/mol. The molecular formula is C15H13BrFNO. The van der Waals surface area contributed by atoms with Crippen molar-refractivity contribution in [3.8, 4) is 5.75 Å². The van der Waals surface area contributed by atoms with Gasteiger partial charge < -0.3 is 9.64 Å². The topological polar surface area (TPSA) is 12.5 Å². The van der Waals surface area contributed by atoms with Gasteiger partial charge in [0.25, 0.3) is 0 Å². The summed E-state index contributed by atoms with van der Waals surface area (Å²) in [4.78, 5) is 2.21. The van der Waals surface area contributed by atoms with E-state index < -0.39 is 0 Å². The van der Waals surface area contributed by atoms with Crippen LogP contribution in [0.25, 0.3) is 0 Å². The number of anilines is 1. The summed E-state index contributed by atoms with van der Waals surface area (Å²) in [7, 11) is 0. The van der Waals surface area contributed by atoms with Gasteiger partial charge in [0.2, 0.25) is 0 Å². The highest BCUT2D eigenvalue weighted by Crippen LogP contribution is 2.34. The van der Waals surface area contributed by atoms with Crippen LogP contribution in [0.15, 0.2) is 46.9 Å². The fourth-order valence-electron chi connectivity index (χ4n) is 2.27. The van der Waals surface area contributed by atoms with Crippen LogP contribution in [-0.4, -0.2) is 13.2 Å². The Hall–Kier alpha value is -1.55. The van der Waals surface area contributed by atoms with Crippen LogP contribution in [0.5, 0.6) is 5.75 Å². The van der Waals surface area contributed by atoms with Crippen LogP contribution >= 0.6 is 15.9 Å². The minimum Gasteiger partial charge on any atom is -0.490 e. The summed E-state index contributed by atoms with van der Waals surface area (Å²) in [6.07, 6.45) is 0. The molecule has 1 aliphatic heterocycles. The van der Waals surface area contributed by atoms with Crippen molar-refractivity contribution in [2.24, 2.45) is 0 Å². The van der Waals surface area contributed by atoms with E-state index in [4.69, 9.17) is 4.74 Å². The summed E-state index contributed by atoms with van der Waals surface area (Å²) in [5.74, 6) is 0.686. The number of halogens is 2. The minimum atomic E-state index is -0.194. The van der Waals surface area contributed by atoms with Crippen molar-refractivity contribution in [1.82, 2.24) is 0 Å². The highest BCUT2D eigenvalue weighted by atomic mass is 79.9. The average molecular weight is 322 g/mol. The molecule has 19 heavy (non-hydrogen) atoms. The molecule has 2 aromatic carbocycles. The monoisotopic (exact) mass is 321 g/mol. The molecule has 0 radical (unpaired) electrons. The number of hydrogen-bond acceptors (Lipinski definition) is 2. The summed E-state index contributed by atoms with van der Waals surface area (Å²) >= 11 is 3.47. The lowest BCUT2D eigenvalue weighted by Gasteiger charge is -2.31. The van der Waals surface area contributed by atoms with Crippen molar-refractivity contribution in [3.63, 3.8) is 0 Å². The first kappa shape index (κ1) is 12.5. The SMILES string of the molecule is Fc1cccc(CN2CCOc3ccc(Br)cc32)c1. The summed E-state index contributed by atoms with van der Waals surface area (Å²) in [6, 6.07) is 12.7. The molecule has 2 nitrogen and oxygen atoms in total. The van der Waals surface area contributed by atoms with Crippen LogP contribution in [0.2, 0.25) is 0 Å². The third-order valence-electron chi connectivity index (χ3n) is 3.14. The molecule has 1 heterocycles. The Kier molecular flexibility index (Phi) is 3.42. The summed E-state index contributed by atoms with van der Waals surface area (Å²) in [6.45, 7) is 2.15. The first-order valence-electron chi connectivity index (χ1n) is 6.14. The number of benzene rings is 2. The summed E-state index contributed by atoms with van der Waals surface area (Å²) < 4.78 is 19.9. The zero-order valence-electron chi connectivity index (χ0n) is 10.3. The van der Waals surface area contributed by atoms with Crippen molar-refractivity contribution in [1.29, 1.82) is 0 Å². The summed E-state index contributed by atoms with van der Waals surface area (Å²) in [5, 5.41) is 0. The van der Waals surface area contributed by atoms with Gasteiger partial charge in [0.15, 0.2) is 0 Å². The number of ether oxygens (including phenoxy) is 1. The zero-order chi connectivity index (χ0) is 13.2. The first-order chi connectivity index (χ1) is 9.22. The van der Waals surface area contributed by atoms with Gasteiger partial charge in [-0.3, -0.25) is 0 Å². The van der Waals surface area contributed by atoms with Gasteiger partial charge in [-0.15, -0.1) is 0 Å². The molecule has 0 fully saturated rings. The van der Waals surface area contributed by atoms with Crippen molar-refractivity contribution in [3.05, 3.63) is 58.3 Å². The van der Waals surface area contributed by atoms with Gasteiger partial charge >= 0.3 is 0 Å². The predicted molar refractivity (Wildman–Crippen MR) is 77.1 cm³/mol. The van der Waals surface area contributed by atoms with Crippen LogP contribution in [0, 0.1) is 5.82 Å². The van der Waals surface area contributed by atoms with Crippen LogP contribution in [0.3, 0.4) is 0 Å². The Balaban J connectivity index is 1.89. The van der Waals surface area contributed by atoms with Gasteiger partial charge in [-0.1, -0.05) is 28.1 Å². The van der Waals surface area contributed by atoms with E-state index in [0.717, 1.165) is 28.0 Å². The van der Waals surface area contributed by atoms with Gasteiger partial charge in [-0.25, -0.2) is 4.39 Å². The molecule has 98 valence electrons. The Morgan fingerprint density at radius 2 is 2.11 bits per heavy atom. The fraction of sp³-hybridized carbons (Fsp3) is 0.200. The predicted octanol–water partition coefficient (Wildman–Crippen LogP) is 3.99. The lowest BCUT2D eigenvalue weighted by molar-refractivity contribution is 0.307. The molecule has 0 saturated carbocycles. The van der Waals surface area contributed by atoms with Crippen LogP contribution in [-0.2, 0) is 6.54 Å². The molecule has 0 aromatic heterocycles. The van der Waals surface area contributed by atoms with Gasteiger partial charge in [0, 0.05) is 11.0 Å². The van der Waals surface area contributed by atoms with Gasteiger partial charge in [0.1, 0.15) is 18.2 Å². The van der Waals surface area contributed by atoms with E-state index in [1.165, 1.54) is 6.07 Å². The Morgan fingerprint density at radius 1 is 1.21 bits per heavy atom. The Labute approximate surface area is 119 Å². The van der Waals surface area contributed by atoms with Crippen molar-refractivity contribution in [2.75, 3.05) is 18.1 Å². The van der Waals surface area contributed by atoms with E-state index in [1.54, 1.807) is 12.1 Å². The lowest BCUT2D eigenvalue weighted by Crippen LogP contribution is -2.32. The second-order valence-corrected chi connectivity index (χ2v) is 5.43. The quantitative estimate of drug-likeness (QED) is 0.829. The van der Waals surface area contributed by atoms with E-state index in [-0.39, 0.29) is 5.82 Å². The van der Waals surface area contributed by atoms with Crippen molar-refractivity contribution >= 4 is 21.6 Å². The van der Waals surface area contributed by atoms with Crippen LogP contribution in [0.4, 0.5) is 10.1 Å². The molecule has 0 N–H and O–H groups in total. The molecule has 0 saturated heterocycles. The molecule has 0 amide bonds. The lowest BCUT2D eigenvalue weighted by atomic mass is 10.1. The molecule has 2 aromatic rings. The fourth-order valence-corrected chi connectivity index (χ4v) is 2.61. The number of rotatable bonds is 2. The molecule has 0 unspecified atom stereocenters. The number of hydrogen-bond donors (Lipinski definition) is 0. The van der Waals surface area contributed by atoms with E-state index >= 15 is 0 Å². The Bertz CT molecular complexity index is 602. The van der Waals surface area contributed by atoms with E-state index in [0.29, 0.717) is 13.2 Å². The largest absolute Gasteiger partial charge is 0.490 e. The summed E-state index contributed by atoms with van der Waals surface area (Å²) in [5.41, 5.74) is 2.01. The maximum absolute atomic E-state index is 13.2. The van der Waals surface area contributed by atoms with E-state index in [2.05, 4.69) is 20.8 Å². The minimum absolute atomic E-state index is 0.194.